The van der Waals surface area contributed by atoms with Crippen molar-refractivity contribution in [2.75, 3.05) is 78.8 Å². The van der Waals surface area contributed by atoms with Gasteiger partial charge in [-0.15, -0.1) is 0 Å². The highest BCUT2D eigenvalue weighted by molar-refractivity contribution is 5.84. The molecule has 0 aromatic rings. The fraction of sp³-hybridized carbons (Fsp3) is 0.909. The minimum Gasteiger partial charge on any atom is -0.394 e. The predicted molar refractivity (Wildman–Crippen MR) is 247 cm³/mol. The molecule has 17 N–H and O–H groups in total. The van der Waals surface area contributed by atoms with E-state index in [0.29, 0.717) is 32.2 Å². The summed E-state index contributed by atoms with van der Waals surface area (Å²) in [4.78, 5) is 52.1. The van der Waals surface area contributed by atoms with E-state index >= 15 is 0 Å². The zero-order valence-electron chi connectivity index (χ0n) is 42.0. The van der Waals surface area contributed by atoms with Crippen molar-refractivity contribution in [3.05, 3.63) is 0 Å². The lowest BCUT2D eigenvalue weighted by Gasteiger charge is -2.46. The predicted octanol–water partition coefficient (Wildman–Crippen LogP) is -9.33. The third kappa shape index (κ3) is 19.5. The third-order valence-corrected chi connectivity index (χ3v) is 12.2. The largest absolute Gasteiger partial charge is 0.394 e. The summed E-state index contributed by atoms with van der Waals surface area (Å²) in [5, 5.41) is 145. The van der Waals surface area contributed by atoms with Crippen LogP contribution in [0.25, 0.3) is 0 Å². The summed E-state index contributed by atoms with van der Waals surface area (Å²) in [6.45, 7) is 3.26. The first kappa shape index (κ1) is 65.3. The van der Waals surface area contributed by atoms with Gasteiger partial charge in [-0.25, -0.2) is 0 Å². The van der Waals surface area contributed by atoms with Crippen LogP contribution in [0.2, 0.25) is 0 Å². The highest BCUT2D eigenvalue weighted by Gasteiger charge is 2.52. The van der Waals surface area contributed by atoms with Gasteiger partial charge in [-0.05, 0) is 26.7 Å². The molecule has 0 aliphatic carbocycles. The first-order chi connectivity index (χ1) is 35.2. The second-order valence-corrected chi connectivity index (χ2v) is 17.7. The number of amides is 4. The van der Waals surface area contributed by atoms with Crippen molar-refractivity contribution >= 4 is 23.6 Å². The van der Waals surface area contributed by atoms with Gasteiger partial charge < -0.3 is 126 Å². The molecule has 0 aromatic carbocycles. The minimum absolute atomic E-state index is 0.0834. The van der Waals surface area contributed by atoms with Crippen molar-refractivity contribution in [3.63, 3.8) is 0 Å². The van der Waals surface area contributed by atoms with Crippen LogP contribution in [0.4, 0.5) is 0 Å². The van der Waals surface area contributed by atoms with Gasteiger partial charge in [0, 0.05) is 32.6 Å². The van der Waals surface area contributed by atoms with Crippen LogP contribution in [0, 0.1) is 0 Å². The van der Waals surface area contributed by atoms with Gasteiger partial charge in [0.25, 0.3) is 0 Å². The van der Waals surface area contributed by atoms with E-state index in [1.54, 1.807) is 0 Å². The summed E-state index contributed by atoms with van der Waals surface area (Å²) in [6, 6.07) is 0. The van der Waals surface area contributed by atoms with Gasteiger partial charge in [-0.1, -0.05) is 20.3 Å². The van der Waals surface area contributed by atoms with E-state index in [0.717, 1.165) is 0 Å². The van der Waals surface area contributed by atoms with Crippen LogP contribution in [0.15, 0.2) is 0 Å². The quantitative estimate of drug-likeness (QED) is 0.0324. The average molecular weight is 1080 g/mol. The molecule has 30 nitrogen and oxygen atoms in total. The molecule has 4 aliphatic rings. The highest BCUT2D eigenvalue weighted by Crippen LogP contribution is 2.31. The van der Waals surface area contributed by atoms with Crippen molar-refractivity contribution in [1.29, 1.82) is 0 Å². The number of unbranched alkanes of at least 4 members (excludes halogenated alkanes) is 2. The lowest BCUT2D eigenvalue weighted by molar-refractivity contribution is -0.366. The van der Waals surface area contributed by atoms with Crippen LogP contribution in [0.5, 0.6) is 0 Å². The van der Waals surface area contributed by atoms with Gasteiger partial charge in [0.05, 0.1) is 58.8 Å². The number of nitrogens with zero attached hydrogens (tertiary/aromatic N) is 1. The lowest BCUT2D eigenvalue weighted by Crippen LogP contribution is -2.65. The van der Waals surface area contributed by atoms with E-state index in [9.17, 15) is 85.6 Å². The van der Waals surface area contributed by atoms with Crippen LogP contribution in [0.1, 0.15) is 53.4 Å². The van der Waals surface area contributed by atoms with E-state index < -0.39 is 187 Å². The van der Waals surface area contributed by atoms with Gasteiger partial charge in [0.1, 0.15) is 91.6 Å². The summed E-state index contributed by atoms with van der Waals surface area (Å²) < 4.78 is 44.2. The van der Waals surface area contributed by atoms with Crippen molar-refractivity contribution in [2.45, 2.75) is 176 Å². The third-order valence-electron chi connectivity index (χ3n) is 12.2. The highest BCUT2D eigenvalue weighted by atomic mass is 16.8. The molecule has 432 valence electrons. The van der Waals surface area contributed by atoms with Gasteiger partial charge in [-0.3, -0.25) is 24.1 Å². The number of hydrogen-bond acceptors (Lipinski definition) is 26. The normalized spacial score (nSPS) is 36.3. The van der Waals surface area contributed by atoms with Gasteiger partial charge >= 0.3 is 0 Å². The molecule has 4 rings (SSSR count). The van der Waals surface area contributed by atoms with Crippen LogP contribution in [-0.4, -0.2) is 297 Å². The Morgan fingerprint density at radius 2 is 0.919 bits per heavy atom. The number of rotatable bonds is 28. The van der Waals surface area contributed by atoms with E-state index in [1.807, 2.05) is 20.8 Å². The second-order valence-electron chi connectivity index (χ2n) is 17.7. The monoisotopic (exact) mass is 1080 g/mol. The smallest absolute Gasteiger partial charge is 0.234 e. The number of hydrogen-bond donors (Lipinski definition) is 17. The summed E-state index contributed by atoms with van der Waals surface area (Å²) in [6.07, 6.45) is -30.9. The Kier molecular flexibility index (Phi) is 29.4. The maximum Gasteiger partial charge on any atom is 0.234 e. The zero-order valence-corrected chi connectivity index (χ0v) is 42.0. The Bertz CT molecular complexity index is 1650. The molecule has 0 spiro atoms. The number of aliphatic hydroxyl groups excluding tert-OH is 13. The molecule has 0 saturated carbocycles. The molecular formula is C44H81N5O25. The van der Waals surface area contributed by atoms with Crippen LogP contribution in [0.3, 0.4) is 0 Å². The van der Waals surface area contributed by atoms with Crippen LogP contribution in [-0.2, 0) is 57.1 Å². The van der Waals surface area contributed by atoms with Gasteiger partial charge in [0.15, 0.2) is 25.2 Å². The minimum atomic E-state index is -1.97. The number of ether oxygens (including phenoxy) is 8. The lowest BCUT2D eigenvalue weighted by atomic mass is 9.96. The molecule has 4 heterocycles. The molecule has 0 aromatic heterocycles. The SMILES string of the molecule is CC.CCNC(=O)CCCCCNC(=O)CN(CC(=O)NCCO[C@@H]1O[C@@H](C)[C@@H](O)[C@@H](O)[C@@H]1O)CC(=O)NCCO[C@@H]1O[C@H](CO[C@H]2O[C@H](CO)[C@@H](O)[C@H](O)[C@@H]2O)[C@@H](O)[C@H](O[C@H]2O[C@H](CO)[C@@H](O)[C@H](O)[C@@H]2O)[C@H]1O. The molecule has 0 radical (unpaired) electrons. The maximum atomic E-state index is 13.2. The Hall–Kier alpha value is -3.00. The Balaban J connectivity index is 0.00000713. The van der Waals surface area contributed by atoms with Gasteiger partial charge in [0.2, 0.25) is 23.6 Å². The van der Waals surface area contributed by atoms with E-state index in [-0.39, 0.29) is 32.1 Å². The van der Waals surface area contributed by atoms with Crippen molar-refractivity contribution < 1.29 is 123 Å². The summed E-state index contributed by atoms with van der Waals surface area (Å²) in [5.41, 5.74) is 0. The van der Waals surface area contributed by atoms with E-state index in [2.05, 4.69) is 21.3 Å². The molecule has 74 heavy (non-hydrogen) atoms. The summed E-state index contributed by atoms with van der Waals surface area (Å²) >= 11 is 0. The number of nitrogens with one attached hydrogen (secondary N) is 4. The number of carbonyl (C=O) groups is 4. The maximum absolute atomic E-state index is 13.2. The molecule has 20 atom stereocenters. The number of aliphatic hydroxyl groups is 13. The molecule has 0 unspecified atom stereocenters. The first-order valence-corrected chi connectivity index (χ1v) is 24.8. The second kappa shape index (κ2) is 33.3. The Morgan fingerprint density at radius 1 is 0.473 bits per heavy atom. The van der Waals surface area contributed by atoms with Crippen molar-refractivity contribution in [3.8, 4) is 0 Å². The molecule has 4 amide bonds. The first-order valence-electron chi connectivity index (χ1n) is 24.8. The Labute approximate surface area is 427 Å². The van der Waals surface area contributed by atoms with Crippen LogP contribution >= 0.6 is 0 Å². The van der Waals surface area contributed by atoms with Crippen molar-refractivity contribution in [2.24, 2.45) is 0 Å². The Morgan fingerprint density at radius 3 is 1.43 bits per heavy atom. The average Bonchev–Trinajstić information content (AvgIpc) is 3.37. The zero-order chi connectivity index (χ0) is 55.2. The standard InChI is InChI=1S/C42H75N5O25.C2H6/c1-3-43-23(50)7-5-4-6-8-44-24(51)13-47(14-25(52)45-9-11-65-39-34(61)31(58)27(54)19(2)68-39)15-26(53)46-10-12-66-41-37(64)38(72-42-36(63)33(60)29(56)21(17-49)70-42)30(57)22(71-41)18-67-40-35(62)32(59)28(55)20(16-48)69-40;1-2/h19-22,27-42,48-49,54-64H,3-18H2,1-2H3,(H,43,50)(H,44,51)(H,45,52)(H,46,53);1-2H3/t19-,20+,21+,22+,27+,28+,29+,30+,31+,32-,33-,34-,35-,36-,37+,38-,39+,40-,41+,42+;/m0./s1. The molecule has 0 bridgehead atoms. The van der Waals surface area contributed by atoms with Crippen molar-refractivity contribution in [1.82, 2.24) is 26.2 Å². The van der Waals surface area contributed by atoms with E-state index in [1.165, 1.54) is 11.8 Å². The fourth-order valence-electron chi connectivity index (χ4n) is 8.00. The number of carbonyl (C=O) groups excluding carboxylic acids is 4. The summed E-state index contributed by atoms with van der Waals surface area (Å²) in [7, 11) is 0. The topological polar surface area (TPSA) is 456 Å². The van der Waals surface area contributed by atoms with Gasteiger partial charge in [-0.2, -0.15) is 0 Å². The summed E-state index contributed by atoms with van der Waals surface area (Å²) in [5.74, 6) is -1.96. The molecule has 4 aliphatic heterocycles. The molecule has 30 heteroatoms. The van der Waals surface area contributed by atoms with Crippen LogP contribution < -0.4 is 21.3 Å². The molecule has 4 fully saturated rings. The molecule has 4 saturated heterocycles. The van der Waals surface area contributed by atoms with E-state index in [4.69, 9.17) is 37.9 Å². The fourth-order valence-corrected chi connectivity index (χ4v) is 8.00. The molecular weight excluding hydrogens is 998 g/mol.